The summed E-state index contributed by atoms with van der Waals surface area (Å²) >= 11 is 0. The third kappa shape index (κ3) is 2.59. The standard InChI is InChI=1S/C9H16O3/c1-2-7(11)5-8-3-4-9(6-10)12-8/h2,7-11H,1,3-6H2/t7-,8-,9-/m1/s1. The van der Waals surface area contributed by atoms with Gasteiger partial charge in [-0.15, -0.1) is 6.58 Å². The van der Waals surface area contributed by atoms with Crippen molar-refractivity contribution in [3.63, 3.8) is 0 Å². The zero-order chi connectivity index (χ0) is 8.97. The van der Waals surface area contributed by atoms with Gasteiger partial charge in [0.15, 0.2) is 0 Å². The Kier molecular flexibility index (Phi) is 3.72. The van der Waals surface area contributed by atoms with Gasteiger partial charge < -0.3 is 14.9 Å². The Labute approximate surface area is 72.7 Å². The van der Waals surface area contributed by atoms with Crippen LogP contribution in [-0.4, -0.2) is 35.1 Å². The molecule has 2 N–H and O–H groups in total. The monoisotopic (exact) mass is 172 g/mol. The molecule has 0 radical (unpaired) electrons. The Bertz CT molecular complexity index is 147. The van der Waals surface area contributed by atoms with E-state index in [9.17, 15) is 5.11 Å². The fraction of sp³-hybridized carbons (Fsp3) is 0.778. The Balaban J connectivity index is 2.23. The molecule has 0 aromatic heterocycles. The van der Waals surface area contributed by atoms with Crippen molar-refractivity contribution in [2.24, 2.45) is 0 Å². The molecule has 1 rings (SSSR count). The van der Waals surface area contributed by atoms with E-state index in [4.69, 9.17) is 9.84 Å². The van der Waals surface area contributed by atoms with Crippen LogP contribution in [0.4, 0.5) is 0 Å². The van der Waals surface area contributed by atoms with Crippen LogP contribution >= 0.6 is 0 Å². The largest absolute Gasteiger partial charge is 0.394 e. The van der Waals surface area contributed by atoms with Crippen LogP contribution in [0.2, 0.25) is 0 Å². The molecule has 1 saturated heterocycles. The predicted molar refractivity (Wildman–Crippen MR) is 45.8 cm³/mol. The van der Waals surface area contributed by atoms with Crippen molar-refractivity contribution in [3.8, 4) is 0 Å². The smallest absolute Gasteiger partial charge is 0.0810 e. The van der Waals surface area contributed by atoms with E-state index < -0.39 is 6.10 Å². The highest BCUT2D eigenvalue weighted by Crippen LogP contribution is 2.22. The van der Waals surface area contributed by atoms with E-state index in [0.717, 1.165) is 12.8 Å². The lowest BCUT2D eigenvalue weighted by atomic mass is 10.1. The minimum Gasteiger partial charge on any atom is -0.394 e. The third-order valence-electron chi connectivity index (χ3n) is 2.18. The maximum absolute atomic E-state index is 9.22. The molecule has 70 valence electrons. The molecule has 0 bridgehead atoms. The van der Waals surface area contributed by atoms with E-state index in [1.165, 1.54) is 6.08 Å². The maximum atomic E-state index is 9.22. The van der Waals surface area contributed by atoms with E-state index in [0.29, 0.717) is 6.42 Å². The average Bonchev–Trinajstić information content (AvgIpc) is 2.52. The lowest BCUT2D eigenvalue weighted by molar-refractivity contribution is -0.00447. The molecule has 0 spiro atoms. The van der Waals surface area contributed by atoms with Crippen molar-refractivity contribution in [1.29, 1.82) is 0 Å². The van der Waals surface area contributed by atoms with Gasteiger partial charge in [0.05, 0.1) is 24.9 Å². The highest BCUT2D eigenvalue weighted by Gasteiger charge is 2.25. The van der Waals surface area contributed by atoms with E-state index >= 15 is 0 Å². The van der Waals surface area contributed by atoms with Crippen LogP contribution < -0.4 is 0 Å². The lowest BCUT2D eigenvalue weighted by Gasteiger charge is -2.13. The first-order valence-electron chi connectivity index (χ1n) is 4.33. The van der Waals surface area contributed by atoms with Crippen LogP contribution in [0.25, 0.3) is 0 Å². The Hall–Kier alpha value is -0.380. The number of rotatable bonds is 4. The van der Waals surface area contributed by atoms with Gasteiger partial charge in [-0.25, -0.2) is 0 Å². The second-order valence-corrected chi connectivity index (χ2v) is 3.18. The van der Waals surface area contributed by atoms with Gasteiger partial charge >= 0.3 is 0 Å². The summed E-state index contributed by atoms with van der Waals surface area (Å²) in [6, 6.07) is 0. The van der Waals surface area contributed by atoms with E-state index in [2.05, 4.69) is 6.58 Å². The van der Waals surface area contributed by atoms with Crippen molar-refractivity contribution in [2.75, 3.05) is 6.61 Å². The first kappa shape index (κ1) is 9.71. The number of aliphatic hydroxyl groups is 2. The van der Waals surface area contributed by atoms with Crippen LogP contribution in [0.5, 0.6) is 0 Å². The molecule has 3 nitrogen and oxygen atoms in total. The molecule has 0 aromatic carbocycles. The fourth-order valence-electron chi connectivity index (χ4n) is 1.45. The molecule has 0 amide bonds. The average molecular weight is 172 g/mol. The molecule has 3 atom stereocenters. The zero-order valence-corrected chi connectivity index (χ0v) is 7.15. The van der Waals surface area contributed by atoms with Crippen molar-refractivity contribution < 1.29 is 14.9 Å². The van der Waals surface area contributed by atoms with Gasteiger partial charge in [-0.1, -0.05) is 6.08 Å². The van der Waals surface area contributed by atoms with Crippen LogP contribution in [0.1, 0.15) is 19.3 Å². The SMILES string of the molecule is C=C[C@@H](O)C[C@H]1CC[C@H](CO)O1. The van der Waals surface area contributed by atoms with Gasteiger partial charge in [-0.05, 0) is 12.8 Å². The van der Waals surface area contributed by atoms with Crippen LogP contribution in [0, 0.1) is 0 Å². The molecule has 1 aliphatic rings. The summed E-state index contributed by atoms with van der Waals surface area (Å²) < 4.78 is 5.43. The summed E-state index contributed by atoms with van der Waals surface area (Å²) in [6.45, 7) is 3.57. The van der Waals surface area contributed by atoms with E-state index in [1.54, 1.807) is 0 Å². The molecule has 1 aliphatic heterocycles. The quantitative estimate of drug-likeness (QED) is 0.606. The van der Waals surface area contributed by atoms with Gasteiger partial charge in [0.25, 0.3) is 0 Å². The van der Waals surface area contributed by atoms with Gasteiger partial charge in [-0.3, -0.25) is 0 Å². The van der Waals surface area contributed by atoms with Gasteiger partial charge in [0.1, 0.15) is 0 Å². The van der Waals surface area contributed by atoms with Gasteiger partial charge in [-0.2, -0.15) is 0 Å². The van der Waals surface area contributed by atoms with Crippen molar-refractivity contribution in [3.05, 3.63) is 12.7 Å². The molecule has 0 saturated carbocycles. The number of aliphatic hydroxyl groups excluding tert-OH is 2. The van der Waals surface area contributed by atoms with Crippen molar-refractivity contribution in [2.45, 2.75) is 37.6 Å². The molecule has 0 unspecified atom stereocenters. The lowest BCUT2D eigenvalue weighted by Crippen LogP contribution is -2.18. The topological polar surface area (TPSA) is 49.7 Å². The van der Waals surface area contributed by atoms with Crippen LogP contribution in [0.3, 0.4) is 0 Å². The van der Waals surface area contributed by atoms with Gasteiger partial charge in [0, 0.05) is 6.42 Å². The van der Waals surface area contributed by atoms with Crippen molar-refractivity contribution in [1.82, 2.24) is 0 Å². The molecule has 0 aliphatic carbocycles. The van der Waals surface area contributed by atoms with E-state index in [-0.39, 0.29) is 18.8 Å². The Morgan fingerprint density at radius 1 is 1.50 bits per heavy atom. The molecule has 3 heteroatoms. The van der Waals surface area contributed by atoms with E-state index in [1.807, 2.05) is 0 Å². The fourth-order valence-corrected chi connectivity index (χ4v) is 1.45. The minimum absolute atomic E-state index is 0.0213. The third-order valence-corrected chi connectivity index (χ3v) is 2.18. The van der Waals surface area contributed by atoms with Crippen LogP contribution in [-0.2, 0) is 4.74 Å². The highest BCUT2D eigenvalue weighted by atomic mass is 16.5. The summed E-state index contributed by atoms with van der Waals surface area (Å²) in [6.07, 6.45) is 3.52. The number of hydrogen-bond donors (Lipinski definition) is 2. The molecule has 12 heavy (non-hydrogen) atoms. The van der Waals surface area contributed by atoms with Crippen LogP contribution in [0.15, 0.2) is 12.7 Å². The minimum atomic E-state index is -0.479. The maximum Gasteiger partial charge on any atom is 0.0810 e. The number of ether oxygens (including phenoxy) is 1. The Morgan fingerprint density at radius 2 is 2.17 bits per heavy atom. The number of hydrogen-bond acceptors (Lipinski definition) is 3. The summed E-state index contributed by atoms with van der Waals surface area (Å²) in [5, 5.41) is 18.0. The summed E-state index contributed by atoms with van der Waals surface area (Å²) in [5.74, 6) is 0. The zero-order valence-electron chi connectivity index (χ0n) is 7.15. The molecular formula is C9H16O3. The Morgan fingerprint density at radius 3 is 2.67 bits per heavy atom. The predicted octanol–water partition coefficient (Wildman–Crippen LogP) is 0.463. The highest BCUT2D eigenvalue weighted by molar-refractivity contribution is 4.83. The summed E-state index contributed by atoms with van der Waals surface area (Å²) in [4.78, 5) is 0. The second kappa shape index (κ2) is 4.60. The molecule has 1 fully saturated rings. The first-order chi connectivity index (χ1) is 5.76. The molecule has 0 aromatic rings. The normalized spacial score (nSPS) is 31.8. The first-order valence-corrected chi connectivity index (χ1v) is 4.33. The second-order valence-electron chi connectivity index (χ2n) is 3.18. The van der Waals surface area contributed by atoms with Crippen molar-refractivity contribution >= 4 is 0 Å². The van der Waals surface area contributed by atoms with Gasteiger partial charge in [0.2, 0.25) is 0 Å². The summed E-state index contributed by atoms with van der Waals surface area (Å²) in [7, 11) is 0. The molecular weight excluding hydrogens is 156 g/mol. The molecule has 1 heterocycles. The summed E-state index contributed by atoms with van der Waals surface area (Å²) in [5.41, 5.74) is 0.